The number of esters is 1. The summed E-state index contributed by atoms with van der Waals surface area (Å²) < 4.78 is 4.75. The molecule has 0 fully saturated rings. The van der Waals surface area contributed by atoms with Gasteiger partial charge in [0.05, 0.1) is 7.11 Å². The standard InChI is InChI=1S/C12H11NO2S/c1-15-12(14)10-6-7-2-3-9-8(4-5-13-9)11(7)16-10/h4-6,13H,2-3H2,1H3. The zero-order valence-electron chi connectivity index (χ0n) is 8.87. The monoisotopic (exact) mass is 233 g/mol. The molecule has 1 aliphatic rings. The van der Waals surface area contributed by atoms with E-state index in [0.717, 1.165) is 12.8 Å². The largest absolute Gasteiger partial charge is 0.465 e. The Morgan fingerprint density at radius 2 is 2.38 bits per heavy atom. The summed E-state index contributed by atoms with van der Waals surface area (Å²) in [4.78, 5) is 16.6. The average Bonchev–Trinajstić information content (AvgIpc) is 2.92. The summed E-state index contributed by atoms with van der Waals surface area (Å²) >= 11 is 1.52. The number of fused-ring (bicyclic) bond motifs is 3. The van der Waals surface area contributed by atoms with E-state index in [9.17, 15) is 4.79 Å². The Kier molecular flexibility index (Phi) is 2.11. The first kappa shape index (κ1) is 9.66. The fourth-order valence-electron chi connectivity index (χ4n) is 2.13. The molecule has 0 amide bonds. The van der Waals surface area contributed by atoms with Crippen LogP contribution < -0.4 is 0 Å². The van der Waals surface area contributed by atoms with Crippen molar-refractivity contribution in [3.05, 3.63) is 34.5 Å². The Balaban J connectivity index is 2.12. The molecule has 3 nitrogen and oxygen atoms in total. The Bertz CT molecular complexity index is 553. The van der Waals surface area contributed by atoms with Crippen LogP contribution >= 0.6 is 11.3 Å². The van der Waals surface area contributed by atoms with E-state index in [-0.39, 0.29) is 5.97 Å². The molecule has 1 aliphatic carbocycles. The maximum atomic E-state index is 11.5. The third-order valence-corrected chi connectivity index (χ3v) is 4.11. The van der Waals surface area contributed by atoms with Gasteiger partial charge < -0.3 is 9.72 Å². The second kappa shape index (κ2) is 3.49. The zero-order chi connectivity index (χ0) is 11.1. The Hall–Kier alpha value is -1.55. The fourth-order valence-corrected chi connectivity index (χ4v) is 3.31. The van der Waals surface area contributed by atoms with E-state index in [4.69, 9.17) is 4.74 Å². The number of aromatic amines is 1. The summed E-state index contributed by atoms with van der Waals surface area (Å²) in [6, 6.07) is 4.03. The van der Waals surface area contributed by atoms with Crippen molar-refractivity contribution in [3.8, 4) is 10.4 Å². The van der Waals surface area contributed by atoms with Gasteiger partial charge in [0.1, 0.15) is 4.88 Å². The number of aryl methyl sites for hydroxylation is 2. The number of carbonyl (C=O) groups excluding carboxylic acids is 1. The van der Waals surface area contributed by atoms with Gasteiger partial charge in [0.15, 0.2) is 0 Å². The van der Waals surface area contributed by atoms with Crippen molar-refractivity contribution in [3.63, 3.8) is 0 Å². The summed E-state index contributed by atoms with van der Waals surface area (Å²) in [5.41, 5.74) is 3.77. The number of hydrogen-bond acceptors (Lipinski definition) is 3. The molecule has 0 radical (unpaired) electrons. The number of methoxy groups -OCH3 is 1. The minimum atomic E-state index is -0.239. The van der Waals surface area contributed by atoms with Crippen LogP contribution in [0.3, 0.4) is 0 Å². The summed E-state index contributed by atoms with van der Waals surface area (Å²) in [7, 11) is 1.42. The third-order valence-electron chi connectivity index (χ3n) is 2.92. The summed E-state index contributed by atoms with van der Waals surface area (Å²) in [5.74, 6) is -0.239. The van der Waals surface area contributed by atoms with Crippen molar-refractivity contribution in [2.45, 2.75) is 12.8 Å². The molecule has 16 heavy (non-hydrogen) atoms. The maximum absolute atomic E-state index is 11.5. The van der Waals surface area contributed by atoms with E-state index in [0.29, 0.717) is 4.88 Å². The Morgan fingerprint density at radius 3 is 3.19 bits per heavy atom. The van der Waals surface area contributed by atoms with Crippen LogP contribution in [0, 0.1) is 0 Å². The van der Waals surface area contributed by atoms with Crippen LogP contribution in [0.25, 0.3) is 10.4 Å². The molecule has 0 bridgehead atoms. The van der Waals surface area contributed by atoms with Gasteiger partial charge in [0.25, 0.3) is 0 Å². The van der Waals surface area contributed by atoms with Crippen LogP contribution in [0.1, 0.15) is 20.9 Å². The number of ether oxygens (including phenoxy) is 1. The molecule has 1 N–H and O–H groups in total. The summed E-state index contributed by atoms with van der Waals surface area (Å²) in [6.45, 7) is 0. The molecule has 0 aliphatic heterocycles. The van der Waals surface area contributed by atoms with E-state index in [1.807, 2.05) is 12.3 Å². The average molecular weight is 233 g/mol. The van der Waals surface area contributed by atoms with Gasteiger partial charge in [0, 0.05) is 22.3 Å². The first-order chi connectivity index (χ1) is 7.79. The highest BCUT2D eigenvalue weighted by molar-refractivity contribution is 7.17. The molecule has 4 heteroatoms. The lowest BCUT2D eigenvalue weighted by Crippen LogP contribution is -1.99. The van der Waals surface area contributed by atoms with E-state index in [2.05, 4.69) is 11.1 Å². The van der Waals surface area contributed by atoms with E-state index >= 15 is 0 Å². The van der Waals surface area contributed by atoms with E-state index < -0.39 is 0 Å². The van der Waals surface area contributed by atoms with Crippen LogP contribution in [0.15, 0.2) is 18.3 Å². The van der Waals surface area contributed by atoms with Crippen molar-refractivity contribution < 1.29 is 9.53 Å². The molecule has 3 rings (SSSR count). The number of hydrogen-bond donors (Lipinski definition) is 1. The number of rotatable bonds is 1. The molecule has 0 atom stereocenters. The van der Waals surface area contributed by atoms with E-state index in [1.54, 1.807) is 0 Å². The number of thiophene rings is 1. The summed E-state index contributed by atoms with van der Waals surface area (Å²) in [5, 5.41) is 0. The lowest BCUT2D eigenvalue weighted by atomic mass is 9.97. The van der Waals surface area contributed by atoms with Crippen LogP contribution in [-0.4, -0.2) is 18.1 Å². The zero-order valence-corrected chi connectivity index (χ0v) is 9.69. The van der Waals surface area contributed by atoms with Gasteiger partial charge in [-0.25, -0.2) is 4.79 Å². The normalized spacial score (nSPS) is 13.1. The van der Waals surface area contributed by atoms with Gasteiger partial charge in [-0.3, -0.25) is 0 Å². The van der Waals surface area contributed by atoms with Gasteiger partial charge in [-0.05, 0) is 30.5 Å². The predicted molar refractivity (Wildman–Crippen MR) is 62.9 cm³/mol. The van der Waals surface area contributed by atoms with Gasteiger partial charge in [-0.15, -0.1) is 11.3 Å². The third kappa shape index (κ3) is 1.30. The van der Waals surface area contributed by atoms with Gasteiger partial charge in [-0.1, -0.05) is 0 Å². The SMILES string of the molecule is COC(=O)c1cc2c(s1)-c1cc[nH]c1CC2. The Labute approximate surface area is 97.1 Å². The fraction of sp³-hybridized carbons (Fsp3) is 0.250. The highest BCUT2D eigenvalue weighted by Crippen LogP contribution is 2.39. The maximum Gasteiger partial charge on any atom is 0.348 e. The molecule has 0 saturated carbocycles. The smallest absolute Gasteiger partial charge is 0.348 e. The second-order valence-corrected chi connectivity index (χ2v) is 4.88. The molecule has 82 valence electrons. The van der Waals surface area contributed by atoms with Crippen molar-refractivity contribution in [2.24, 2.45) is 0 Å². The molecule has 0 saturated heterocycles. The number of aromatic nitrogens is 1. The minimum absolute atomic E-state index is 0.239. The van der Waals surface area contributed by atoms with Crippen molar-refractivity contribution in [1.29, 1.82) is 0 Å². The van der Waals surface area contributed by atoms with Crippen LogP contribution in [0.5, 0.6) is 0 Å². The topological polar surface area (TPSA) is 42.1 Å². The number of nitrogens with one attached hydrogen (secondary N) is 1. The highest BCUT2D eigenvalue weighted by Gasteiger charge is 2.22. The number of H-pyrrole nitrogens is 1. The molecular weight excluding hydrogens is 222 g/mol. The lowest BCUT2D eigenvalue weighted by molar-refractivity contribution is 0.0606. The quantitative estimate of drug-likeness (QED) is 0.769. The predicted octanol–water partition coefficient (Wildman–Crippen LogP) is 2.63. The first-order valence-corrected chi connectivity index (χ1v) is 5.99. The van der Waals surface area contributed by atoms with E-state index in [1.165, 1.54) is 40.1 Å². The van der Waals surface area contributed by atoms with Gasteiger partial charge in [-0.2, -0.15) is 0 Å². The van der Waals surface area contributed by atoms with Crippen molar-refractivity contribution in [2.75, 3.05) is 7.11 Å². The molecule has 2 aromatic rings. The molecule has 2 heterocycles. The Morgan fingerprint density at radius 1 is 1.50 bits per heavy atom. The molecule has 0 aromatic carbocycles. The van der Waals surface area contributed by atoms with Gasteiger partial charge >= 0.3 is 5.97 Å². The van der Waals surface area contributed by atoms with Crippen molar-refractivity contribution >= 4 is 17.3 Å². The van der Waals surface area contributed by atoms with Crippen molar-refractivity contribution in [1.82, 2.24) is 4.98 Å². The lowest BCUT2D eigenvalue weighted by Gasteiger charge is -2.10. The number of carbonyl (C=O) groups is 1. The first-order valence-electron chi connectivity index (χ1n) is 5.17. The molecule has 2 aromatic heterocycles. The molecular formula is C12H11NO2S. The summed E-state index contributed by atoms with van der Waals surface area (Å²) in [6.07, 6.45) is 3.97. The van der Waals surface area contributed by atoms with Gasteiger partial charge in [0.2, 0.25) is 0 Å². The van der Waals surface area contributed by atoms with Crippen LogP contribution in [0.4, 0.5) is 0 Å². The minimum Gasteiger partial charge on any atom is -0.465 e. The molecule has 0 unspecified atom stereocenters. The molecule has 0 spiro atoms. The van der Waals surface area contributed by atoms with Crippen LogP contribution in [-0.2, 0) is 17.6 Å². The highest BCUT2D eigenvalue weighted by atomic mass is 32.1. The van der Waals surface area contributed by atoms with Crippen LogP contribution in [0.2, 0.25) is 0 Å². The second-order valence-electron chi connectivity index (χ2n) is 3.83.